The van der Waals surface area contributed by atoms with Crippen LogP contribution in [0.1, 0.15) is 31.7 Å². The third-order valence-corrected chi connectivity index (χ3v) is 4.53. The van der Waals surface area contributed by atoms with Crippen LogP contribution in [-0.2, 0) is 16.1 Å². The highest BCUT2D eigenvalue weighted by molar-refractivity contribution is 7.07. The highest BCUT2D eigenvalue weighted by atomic mass is 32.1. The normalized spacial score (nSPS) is 18.9. The summed E-state index contributed by atoms with van der Waals surface area (Å²) in [6.07, 6.45) is 2.33. The molecule has 4 nitrogen and oxygen atoms in total. The Morgan fingerprint density at radius 2 is 2.30 bits per heavy atom. The van der Waals surface area contributed by atoms with Crippen molar-refractivity contribution in [3.63, 3.8) is 0 Å². The highest BCUT2D eigenvalue weighted by Crippen LogP contribution is 2.20. The van der Waals surface area contributed by atoms with E-state index in [0.29, 0.717) is 19.5 Å². The van der Waals surface area contributed by atoms with Gasteiger partial charge in [-0.25, -0.2) is 0 Å². The van der Waals surface area contributed by atoms with Crippen LogP contribution in [0.4, 0.5) is 0 Å². The van der Waals surface area contributed by atoms with Gasteiger partial charge in [-0.1, -0.05) is 6.92 Å². The Kier molecular flexibility index (Phi) is 5.17. The van der Waals surface area contributed by atoms with E-state index in [1.165, 1.54) is 5.56 Å². The smallest absolute Gasteiger partial charge is 0.227 e. The van der Waals surface area contributed by atoms with Crippen LogP contribution in [-0.4, -0.2) is 41.8 Å². The van der Waals surface area contributed by atoms with Crippen LogP contribution in [0.5, 0.6) is 0 Å². The van der Waals surface area contributed by atoms with Crippen LogP contribution < -0.4 is 0 Å². The molecule has 2 amide bonds. The van der Waals surface area contributed by atoms with Gasteiger partial charge in [-0.3, -0.25) is 9.59 Å². The first kappa shape index (κ1) is 15.0. The predicted molar refractivity (Wildman–Crippen MR) is 80.4 cm³/mol. The van der Waals surface area contributed by atoms with Crippen molar-refractivity contribution in [1.29, 1.82) is 0 Å². The average molecular weight is 294 g/mol. The lowest BCUT2D eigenvalue weighted by Gasteiger charge is -2.33. The molecule has 1 atom stereocenters. The maximum atomic E-state index is 12.5. The van der Waals surface area contributed by atoms with Gasteiger partial charge in [-0.15, -0.1) is 0 Å². The van der Waals surface area contributed by atoms with E-state index in [4.69, 9.17) is 0 Å². The Balaban J connectivity index is 1.92. The number of carbonyl (C=O) groups excluding carboxylic acids is 2. The molecule has 0 spiro atoms. The van der Waals surface area contributed by atoms with Crippen molar-refractivity contribution in [2.75, 3.05) is 20.1 Å². The van der Waals surface area contributed by atoms with Crippen LogP contribution in [0.3, 0.4) is 0 Å². The van der Waals surface area contributed by atoms with E-state index in [1.54, 1.807) is 16.2 Å². The molecule has 1 aliphatic rings. The standard InChI is InChI=1S/C15H22N2O2S/c1-3-14(18)17-7-4-5-13(10-17)15(19)16(2)9-12-6-8-20-11-12/h6,8,11,13H,3-5,7,9-10H2,1-2H3. The summed E-state index contributed by atoms with van der Waals surface area (Å²) in [5.74, 6) is 0.274. The summed E-state index contributed by atoms with van der Waals surface area (Å²) in [6.45, 7) is 3.90. The molecule has 1 fully saturated rings. The molecule has 0 saturated carbocycles. The molecule has 0 bridgehead atoms. The largest absolute Gasteiger partial charge is 0.342 e. The number of thiophene rings is 1. The van der Waals surface area contributed by atoms with Crippen molar-refractivity contribution in [1.82, 2.24) is 9.80 Å². The maximum Gasteiger partial charge on any atom is 0.227 e. The number of carbonyl (C=O) groups is 2. The van der Waals surface area contributed by atoms with Crippen LogP contribution in [0.2, 0.25) is 0 Å². The van der Waals surface area contributed by atoms with Crippen LogP contribution in [0, 0.1) is 5.92 Å². The molecule has 110 valence electrons. The first-order chi connectivity index (χ1) is 9.61. The summed E-state index contributed by atoms with van der Waals surface area (Å²) in [5.41, 5.74) is 1.17. The number of nitrogens with zero attached hydrogens (tertiary/aromatic N) is 2. The van der Waals surface area contributed by atoms with Gasteiger partial charge in [0.05, 0.1) is 5.92 Å². The lowest BCUT2D eigenvalue weighted by atomic mass is 9.96. The summed E-state index contributed by atoms with van der Waals surface area (Å²) in [6, 6.07) is 2.04. The third-order valence-electron chi connectivity index (χ3n) is 3.80. The summed E-state index contributed by atoms with van der Waals surface area (Å²) < 4.78 is 0. The van der Waals surface area contributed by atoms with Crippen LogP contribution in [0.25, 0.3) is 0 Å². The van der Waals surface area contributed by atoms with Gasteiger partial charge in [0.25, 0.3) is 0 Å². The van der Waals surface area contributed by atoms with Crippen molar-refractivity contribution in [3.05, 3.63) is 22.4 Å². The van der Waals surface area contributed by atoms with Crippen LogP contribution in [0.15, 0.2) is 16.8 Å². The van der Waals surface area contributed by atoms with E-state index < -0.39 is 0 Å². The average Bonchev–Trinajstić information content (AvgIpc) is 2.98. The van der Waals surface area contributed by atoms with Gasteiger partial charge in [-0.05, 0) is 35.2 Å². The Hall–Kier alpha value is -1.36. The molecule has 0 aromatic carbocycles. The lowest BCUT2D eigenvalue weighted by Crippen LogP contribution is -2.45. The molecule has 0 N–H and O–H groups in total. The second-order valence-electron chi connectivity index (χ2n) is 5.36. The van der Waals surface area contributed by atoms with Crippen molar-refractivity contribution in [3.8, 4) is 0 Å². The van der Waals surface area contributed by atoms with Gasteiger partial charge in [0.1, 0.15) is 0 Å². The molecule has 0 radical (unpaired) electrons. The van der Waals surface area contributed by atoms with Gasteiger partial charge in [0.2, 0.25) is 11.8 Å². The van der Waals surface area contributed by atoms with Gasteiger partial charge in [-0.2, -0.15) is 11.3 Å². The third kappa shape index (κ3) is 3.60. The quantitative estimate of drug-likeness (QED) is 0.855. The molecule has 1 unspecified atom stereocenters. The van der Waals surface area contributed by atoms with E-state index in [9.17, 15) is 9.59 Å². The fourth-order valence-corrected chi connectivity index (χ4v) is 3.33. The summed E-state index contributed by atoms with van der Waals surface area (Å²) >= 11 is 1.65. The Labute approximate surface area is 124 Å². The molecule has 2 rings (SSSR count). The van der Waals surface area contributed by atoms with Gasteiger partial charge >= 0.3 is 0 Å². The minimum atomic E-state index is -0.0390. The fourth-order valence-electron chi connectivity index (χ4n) is 2.67. The fraction of sp³-hybridized carbons (Fsp3) is 0.600. The molecule has 5 heteroatoms. The molecule has 1 aromatic rings. The molecule has 20 heavy (non-hydrogen) atoms. The summed E-state index contributed by atoms with van der Waals surface area (Å²) in [7, 11) is 1.85. The number of amides is 2. The van der Waals surface area contributed by atoms with Crippen LogP contribution >= 0.6 is 11.3 Å². The van der Waals surface area contributed by atoms with Gasteiger partial charge in [0.15, 0.2) is 0 Å². The van der Waals surface area contributed by atoms with Crippen molar-refractivity contribution in [2.24, 2.45) is 5.92 Å². The minimum absolute atomic E-state index is 0.0390. The second kappa shape index (κ2) is 6.88. The first-order valence-electron chi connectivity index (χ1n) is 7.15. The topological polar surface area (TPSA) is 40.6 Å². The number of likely N-dealkylation sites (tertiary alicyclic amines) is 1. The molecular formula is C15H22N2O2S. The Morgan fingerprint density at radius 1 is 1.50 bits per heavy atom. The minimum Gasteiger partial charge on any atom is -0.342 e. The Bertz CT molecular complexity index is 458. The van der Waals surface area contributed by atoms with E-state index in [1.807, 2.05) is 30.3 Å². The molecular weight excluding hydrogens is 272 g/mol. The lowest BCUT2D eigenvalue weighted by molar-refractivity contribution is -0.140. The molecule has 1 saturated heterocycles. The second-order valence-corrected chi connectivity index (χ2v) is 6.14. The van der Waals surface area contributed by atoms with Crippen molar-refractivity contribution in [2.45, 2.75) is 32.7 Å². The molecule has 1 aromatic heterocycles. The van der Waals surface area contributed by atoms with E-state index in [-0.39, 0.29) is 17.7 Å². The van der Waals surface area contributed by atoms with Gasteiger partial charge < -0.3 is 9.80 Å². The number of hydrogen-bond acceptors (Lipinski definition) is 3. The number of piperidine rings is 1. The van der Waals surface area contributed by atoms with Crippen molar-refractivity contribution >= 4 is 23.2 Å². The van der Waals surface area contributed by atoms with E-state index >= 15 is 0 Å². The van der Waals surface area contributed by atoms with E-state index in [0.717, 1.165) is 19.4 Å². The zero-order valence-electron chi connectivity index (χ0n) is 12.2. The first-order valence-corrected chi connectivity index (χ1v) is 8.10. The molecule has 1 aliphatic heterocycles. The number of hydrogen-bond donors (Lipinski definition) is 0. The zero-order valence-corrected chi connectivity index (χ0v) is 13.0. The summed E-state index contributed by atoms with van der Waals surface area (Å²) in [4.78, 5) is 27.9. The molecule has 0 aliphatic carbocycles. The van der Waals surface area contributed by atoms with Crippen molar-refractivity contribution < 1.29 is 9.59 Å². The SMILES string of the molecule is CCC(=O)N1CCCC(C(=O)N(C)Cc2ccsc2)C1. The monoisotopic (exact) mass is 294 g/mol. The van der Waals surface area contributed by atoms with E-state index in [2.05, 4.69) is 5.38 Å². The van der Waals surface area contributed by atoms with Gasteiger partial charge in [0, 0.05) is 33.1 Å². The predicted octanol–water partition coefficient (Wildman–Crippen LogP) is 2.36. The maximum absolute atomic E-state index is 12.5. The summed E-state index contributed by atoms with van der Waals surface area (Å²) in [5, 5.41) is 4.09. The zero-order chi connectivity index (χ0) is 14.5. The Morgan fingerprint density at radius 3 is 2.95 bits per heavy atom. The number of rotatable bonds is 4. The highest BCUT2D eigenvalue weighted by Gasteiger charge is 2.29. The molecule has 2 heterocycles.